The first kappa shape index (κ1) is 39.1. The molecule has 1 fully saturated rings. The van der Waals surface area contributed by atoms with Crippen LogP contribution in [0.3, 0.4) is 0 Å². The second-order valence-electron chi connectivity index (χ2n) is 11.2. The summed E-state index contributed by atoms with van der Waals surface area (Å²) >= 11 is 0. The van der Waals surface area contributed by atoms with Crippen molar-refractivity contribution in [2.45, 2.75) is 50.1 Å². The van der Waals surface area contributed by atoms with Gasteiger partial charge in [0, 0.05) is 25.0 Å². The fourth-order valence-corrected chi connectivity index (χ4v) is 4.86. The summed E-state index contributed by atoms with van der Waals surface area (Å²) in [4.78, 5) is 38.1. The molecule has 4 atom stereocenters. The van der Waals surface area contributed by atoms with Crippen LogP contribution < -0.4 is 18.9 Å². The summed E-state index contributed by atoms with van der Waals surface area (Å²) in [7, 11) is 0. The van der Waals surface area contributed by atoms with Gasteiger partial charge in [0.2, 0.25) is 0 Å². The number of ketones is 1. The number of carbonyl (C=O) groups excluding carboxylic acids is 3. The van der Waals surface area contributed by atoms with Crippen LogP contribution in [-0.2, 0) is 23.9 Å². The Labute approximate surface area is 292 Å². The summed E-state index contributed by atoms with van der Waals surface area (Å²) < 4.78 is 33.6. The first-order valence-corrected chi connectivity index (χ1v) is 15.9. The molecule has 2 aromatic rings. The highest BCUT2D eigenvalue weighted by atomic mass is 16.6. The largest absolute Gasteiger partial charge is 0.489 e. The average Bonchev–Trinajstić information content (AvgIpc) is 3.10. The summed E-state index contributed by atoms with van der Waals surface area (Å²) in [6.07, 6.45) is 7.25. The van der Waals surface area contributed by atoms with Gasteiger partial charge in [-0.25, -0.2) is 9.59 Å². The number of Topliss-reactive ketones (excluding diaryl/α,β-unsaturated/α-hetero) is 1. The number of ether oxygens (including phenoxy) is 6. The number of esters is 2. The van der Waals surface area contributed by atoms with Crippen LogP contribution in [0.4, 0.5) is 0 Å². The lowest BCUT2D eigenvalue weighted by Crippen LogP contribution is -2.57. The lowest BCUT2D eigenvalue weighted by molar-refractivity contribution is -0.194. The van der Waals surface area contributed by atoms with Crippen molar-refractivity contribution in [2.75, 3.05) is 26.4 Å². The van der Waals surface area contributed by atoms with Crippen molar-refractivity contribution < 1.29 is 53.0 Å². The quantitative estimate of drug-likeness (QED) is 0.0802. The topological polar surface area (TPSA) is 147 Å². The molecule has 1 aliphatic carbocycles. The fraction of sp³-hybridized carbons (Fsp3) is 0.308. The molecule has 2 N–H and O–H groups in total. The number of hydrogen-bond acceptors (Lipinski definition) is 11. The minimum absolute atomic E-state index is 0.227. The van der Waals surface area contributed by atoms with Crippen molar-refractivity contribution in [1.29, 1.82) is 0 Å². The van der Waals surface area contributed by atoms with Gasteiger partial charge in [0.15, 0.2) is 28.8 Å². The SMILES string of the molecule is C=CCCOc1cc(/C=C/C(=O)O[C@@H]2C[C@](O)(C(C)=O)C[C@@H](OC(=O)/C=C/c3ccc(OCC=C)c(OCC=C)c3)[C@H]2O)ccc1OCC=C. The van der Waals surface area contributed by atoms with Gasteiger partial charge in [-0.15, -0.1) is 6.58 Å². The zero-order chi connectivity index (χ0) is 36.5. The van der Waals surface area contributed by atoms with E-state index >= 15 is 0 Å². The van der Waals surface area contributed by atoms with E-state index in [1.165, 1.54) is 19.1 Å². The molecule has 11 nitrogen and oxygen atoms in total. The Morgan fingerprint density at radius 3 is 1.58 bits per heavy atom. The molecule has 0 bridgehead atoms. The van der Waals surface area contributed by atoms with Crippen LogP contribution in [0.5, 0.6) is 23.0 Å². The van der Waals surface area contributed by atoms with Crippen LogP contribution in [0.25, 0.3) is 12.2 Å². The molecule has 1 saturated carbocycles. The molecule has 266 valence electrons. The number of hydrogen-bond donors (Lipinski definition) is 2. The number of rotatable bonds is 20. The smallest absolute Gasteiger partial charge is 0.331 e. The fourth-order valence-electron chi connectivity index (χ4n) is 4.86. The molecule has 0 aliphatic heterocycles. The van der Waals surface area contributed by atoms with Gasteiger partial charge < -0.3 is 38.6 Å². The zero-order valence-corrected chi connectivity index (χ0v) is 28.2. The molecule has 2 aromatic carbocycles. The third-order valence-electron chi connectivity index (χ3n) is 7.44. The molecule has 0 spiro atoms. The molecule has 0 amide bonds. The van der Waals surface area contributed by atoms with Gasteiger partial charge in [0.25, 0.3) is 0 Å². The Hall–Kier alpha value is -5.39. The van der Waals surface area contributed by atoms with Gasteiger partial charge in [-0.05, 0) is 60.9 Å². The number of aliphatic hydroxyl groups excluding tert-OH is 1. The third-order valence-corrected chi connectivity index (χ3v) is 7.44. The highest BCUT2D eigenvalue weighted by Gasteiger charge is 2.50. The standard InChI is InChI=1S/C39H44O11/c1-6-10-22-48-33-24-29(12-16-31(33)46-20-8-3)14-18-37(42)50-35-26-39(44,27(5)40)25-34(38(35)43)49-36(41)17-13-28-11-15-30(45-19-7-2)32(23-28)47-21-9-4/h6-9,11-18,23-24,34-35,38,43-44H,1-4,10,19-22,25-26H2,5H3/b17-13+,18-14+/t34-,35-,38-,39+/m1/s1. The van der Waals surface area contributed by atoms with E-state index in [4.69, 9.17) is 28.4 Å². The molecular weight excluding hydrogens is 644 g/mol. The van der Waals surface area contributed by atoms with Crippen LogP contribution >= 0.6 is 0 Å². The van der Waals surface area contributed by atoms with Crippen LogP contribution in [0.1, 0.15) is 37.3 Å². The molecule has 0 radical (unpaired) electrons. The van der Waals surface area contributed by atoms with Crippen molar-refractivity contribution >= 4 is 29.9 Å². The molecule has 0 heterocycles. The molecule has 0 aromatic heterocycles. The van der Waals surface area contributed by atoms with E-state index < -0.39 is 54.5 Å². The summed E-state index contributed by atoms with van der Waals surface area (Å²) in [5, 5.41) is 22.1. The second-order valence-corrected chi connectivity index (χ2v) is 11.2. The molecule has 1 aliphatic rings. The van der Waals surface area contributed by atoms with Crippen molar-refractivity contribution in [1.82, 2.24) is 0 Å². The van der Waals surface area contributed by atoms with Gasteiger partial charge >= 0.3 is 11.9 Å². The maximum atomic E-state index is 12.9. The highest BCUT2D eigenvalue weighted by Crippen LogP contribution is 2.34. The number of benzene rings is 2. The van der Waals surface area contributed by atoms with E-state index in [9.17, 15) is 24.6 Å². The Morgan fingerprint density at radius 1 is 0.720 bits per heavy atom. The summed E-state index contributed by atoms with van der Waals surface area (Å²) in [5.41, 5.74) is -0.854. The van der Waals surface area contributed by atoms with E-state index in [0.29, 0.717) is 47.2 Å². The predicted octanol–water partition coefficient (Wildman–Crippen LogP) is 5.36. The lowest BCUT2D eigenvalue weighted by Gasteiger charge is -2.41. The van der Waals surface area contributed by atoms with Gasteiger partial charge in [-0.3, -0.25) is 4.79 Å². The summed E-state index contributed by atoms with van der Waals surface area (Å²) in [6, 6.07) is 10.1. The maximum absolute atomic E-state index is 12.9. The van der Waals surface area contributed by atoms with Crippen molar-refractivity contribution in [3.63, 3.8) is 0 Å². The maximum Gasteiger partial charge on any atom is 0.331 e. The molecule has 0 saturated heterocycles. The van der Waals surface area contributed by atoms with Crippen molar-refractivity contribution in [2.24, 2.45) is 0 Å². The van der Waals surface area contributed by atoms with Crippen LogP contribution in [0.15, 0.2) is 99.2 Å². The Bertz CT molecular complexity index is 1590. The van der Waals surface area contributed by atoms with Crippen LogP contribution in [0.2, 0.25) is 0 Å². The van der Waals surface area contributed by atoms with E-state index in [2.05, 4.69) is 26.3 Å². The van der Waals surface area contributed by atoms with Gasteiger partial charge in [0.05, 0.1) is 6.61 Å². The minimum atomic E-state index is -2.01. The Balaban J connectivity index is 1.72. The lowest BCUT2D eigenvalue weighted by atomic mass is 9.77. The number of aliphatic hydroxyl groups is 2. The monoisotopic (exact) mass is 688 g/mol. The second kappa shape index (κ2) is 19.6. The summed E-state index contributed by atoms with van der Waals surface area (Å²) in [5.74, 6) is -0.518. The van der Waals surface area contributed by atoms with Crippen molar-refractivity contribution in [3.05, 3.63) is 110 Å². The first-order chi connectivity index (χ1) is 24.0. The first-order valence-electron chi connectivity index (χ1n) is 15.9. The highest BCUT2D eigenvalue weighted by molar-refractivity contribution is 5.89. The van der Waals surface area contributed by atoms with Gasteiger partial charge in [-0.2, -0.15) is 0 Å². The molecule has 50 heavy (non-hydrogen) atoms. The van der Waals surface area contributed by atoms with E-state index in [1.54, 1.807) is 60.7 Å². The van der Waals surface area contributed by atoms with Crippen LogP contribution in [-0.4, -0.2) is 78.3 Å². The molecule has 11 heteroatoms. The molecule has 3 rings (SSSR count). The van der Waals surface area contributed by atoms with Gasteiger partial charge in [-0.1, -0.05) is 56.2 Å². The zero-order valence-electron chi connectivity index (χ0n) is 28.2. The van der Waals surface area contributed by atoms with E-state index in [0.717, 1.165) is 12.2 Å². The van der Waals surface area contributed by atoms with Crippen molar-refractivity contribution in [3.8, 4) is 23.0 Å². The minimum Gasteiger partial charge on any atom is -0.489 e. The van der Waals surface area contributed by atoms with E-state index in [-0.39, 0.29) is 19.8 Å². The van der Waals surface area contributed by atoms with E-state index in [1.807, 2.05) is 0 Å². The Kier molecular flexibility index (Phi) is 15.3. The predicted molar refractivity (Wildman–Crippen MR) is 189 cm³/mol. The van der Waals surface area contributed by atoms with Crippen LogP contribution in [0, 0.1) is 0 Å². The Morgan fingerprint density at radius 2 is 1.16 bits per heavy atom. The third kappa shape index (κ3) is 11.6. The normalized spacial score (nSPS) is 20.0. The number of carbonyl (C=O) groups is 3. The average molecular weight is 689 g/mol. The van der Waals surface area contributed by atoms with Gasteiger partial charge in [0.1, 0.15) is 43.7 Å². The summed E-state index contributed by atoms with van der Waals surface area (Å²) in [6.45, 7) is 16.9. The molecular formula is C39H44O11. The molecule has 0 unspecified atom stereocenters.